The van der Waals surface area contributed by atoms with Gasteiger partial charge in [-0.3, -0.25) is 14.8 Å². The van der Waals surface area contributed by atoms with Crippen LogP contribution in [0, 0.1) is 0 Å². The number of nitrogens with one attached hydrogen (secondary N) is 2. The molecule has 0 spiro atoms. The summed E-state index contributed by atoms with van der Waals surface area (Å²) < 4.78 is 0. The minimum Gasteiger partial charge on any atom is -0.356 e. The first-order valence-electron chi connectivity index (χ1n) is 5.96. The SMILES string of the molecule is O=C(CCCC(=O)NCCc1ccccc1)NO. The summed E-state index contributed by atoms with van der Waals surface area (Å²) in [7, 11) is 0. The van der Waals surface area contributed by atoms with Crippen molar-refractivity contribution in [3.8, 4) is 0 Å². The fourth-order valence-electron chi connectivity index (χ4n) is 1.54. The zero-order chi connectivity index (χ0) is 13.2. The second-order valence-corrected chi connectivity index (χ2v) is 3.97. The van der Waals surface area contributed by atoms with Crippen molar-refractivity contribution in [2.75, 3.05) is 6.54 Å². The Labute approximate surface area is 106 Å². The predicted octanol–water partition coefficient (Wildman–Crippen LogP) is 1.02. The van der Waals surface area contributed by atoms with Gasteiger partial charge in [0.05, 0.1) is 0 Å². The van der Waals surface area contributed by atoms with E-state index < -0.39 is 5.91 Å². The lowest BCUT2D eigenvalue weighted by Gasteiger charge is -2.05. The Kier molecular flexibility index (Phi) is 6.50. The molecule has 3 N–H and O–H groups in total. The Morgan fingerprint density at radius 1 is 1.06 bits per heavy atom. The summed E-state index contributed by atoms with van der Waals surface area (Å²) in [4.78, 5) is 22.1. The van der Waals surface area contributed by atoms with E-state index in [0.29, 0.717) is 19.4 Å². The second-order valence-electron chi connectivity index (χ2n) is 3.97. The monoisotopic (exact) mass is 250 g/mol. The fourth-order valence-corrected chi connectivity index (χ4v) is 1.54. The van der Waals surface area contributed by atoms with Crippen LogP contribution in [-0.4, -0.2) is 23.6 Å². The molecule has 98 valence electrons. The second kappa shape index (κ2) is 8.25. The van der Waals surface area contributed by atoms with Gasteiger partial charge in [-0.2, -0.15) is 0 Å². The van der Waals surface area contributed by atoms with E-state index in [2.05, 4.69) is 5.32 Å². The molecule has 1 aromatic carbocycles. The molecule has 0 radical (unpaired) electrons. The van der Waals surface area contributed by atoms with Gasteiger partial charge in [-0.05, 0) is 18.4 Å². The zero-order valence-electron chi connectivity index (χ0n) is 10.2. The Morgan fingerprint density at radius 2 is 1.72 bits per heavy atom. The van der Waals surface area contributed by atoms with Gasteiger partial charge in [-0.1, -0.05) is 30.3 Å². The molecular formula is C13H18N2O3. The molecule has 0 saturated heterocycles. The topological polar surface area (TPSA) is 78.4 Å². The van der Waals surface area contributed by atoms with Crippen molar-refractivity contribution in [1.29, 1.82) is 0 Å². The summed E-state index contributed by atoms with van der Waals surface area (Å²) in [5.74, 6) is -0.538. The number of benzene rings is 1. The number of carbonyl (C=O) groups excluding carboxylic acids is 2. The molecule has 0 aliphatic carbocycles. The molecule has 0 aromatic heterocycles. The van der Waals surface area contributed by atoms with Gasteiger partial charge in [-0.25, -0.2) is 5.48 Å². The molecule has 0 atom stereocenters. The third-order valence-electron chi connectivity index (χ3n) is 2.51. The average Bonchev–Trinajstić information content (AvgIpc) is 2.39. The Bertz CT molecular complexity index is 379. The average molecular weight is 250 g/mol. The lowest BCUT2D eigenvalue weighted by Crippen LogP contribution is -2.26. The van der Waals surface area contributed by atoms with E-state index in [-0.39, 0.29) is 12.3 Å². The minimum absolute atomic E-state index is 0.0725. The highest BCUT2D eigenvalue weighted by molar-refractivity contribution is 5.78. The number of hydrogen-bond donors (Lipinski definition) is 3. The predicted molar refractivity (Wildman–Crippen MR) is 66.9 cm³/mol. The van der Waals surface area contributed by atoms with Gasteiger partial charge in [-0.15, -0.1) is 0 Å². The summed E-state index contributed by atoms with van der Waals surface area (Å²) in [6.07, 6.45) is 1.68. The number of hydroxylamine groups is 1. The summed E-state index contributed by atoms with van der Waals surface area (Å²) in [6, 6.07) is 9.90. The van der Waals surface area contributed by atoms with Crippen LogP contribution in [0.25, 0.3) is 0 Å². The maximum atomic E-state index is 11.4. The maximum Gasteiger partial charge on any atom is 0.243 e. The molecule has 5 heteroatoms. The quantitative estimate of drug-likeness (QED) is 0.499. The van der Waals surface area contributed by atoms with Crippen molar-refractivity contribution < 1.29 is 14.8 Å². The summed E-state index contributed by atoms with van der Waals surface area (Å²) in [6.45, 7) is 0.592. The van der Waals surface area contributed by atoms with E-state index in [1.54, 1.807) is 0 Å². The largest absolute Gasteiger partial charge is 0.356 e. The molecule has 0 saturated carbocycles. The van der Waals surface area contributed by atoms with Crippen molar-refractivity contribution in [2.45, 2.75) is 25.7 Å². The molecule has 0 bridgehead atoms. The summed E-state index contributed by atoms with van der Waals surface area (Å²) >= 11 is 0. The van der Waals surface area contributed by atoms with E-state index in [4.69, 9.17) is 5.21 Å². The molecular weight excluding hydrogens is 232 g/mol. The van der Waals surface area contributed by atoms with Gasteiger partial charge in [0.2, 0.25) is 11.8 Å². The maximum absolute atomic E-state index is 11.4. The first-order chi connectivity index (χ1) is 8.72. The standard InChI is InChI=1S/C13H18N2O3/c16-12(7-4-8-13(17)15-18)14-10-9-11-5-2-1-3-6-11/h1-3,5-6,18H,4,7-10H2,(H,14,16)(H,15,17). The molecule has 0 aliphatic rings. The van der Waals surface area contributed by atoms with Crippen LogP contribution in [0.1, 0.15) is 24.8 Å². The molecule has 0 heterocycles. The fraction of sp³-hybridized carbons (Fsp3) is 0.385. The van der Waals surface area contributed by atoms with Gasteiger partial charge < -0.3 is 5.32 Å². The molecule has 18 heavy (non-hydrogen) atoms. The Balaban J connectivity index is 2.09. The molecule has 0 aliphatic heterocycles. The number of rotatable bonds is 7. The smallest absolute Gasteiger partial charge is 0.243 e. The van der Waals surface area contributed by atoms with E-state index >= 15 is 0 Å². The number of hydrogen-bond acceptors (Lipinski definition) is 3. The van der Waals surface area contributed by atoms with Gasteiger partial charge in [0.15, 0.2) is 0 Å². The van der Waals surface area contributed by atoms with Crippen LogP contribution < -0.4 is 10.8 Å². The number of carbonyl (C=O) groups is 2. The summed E-state index contributed by atoms with van der Waals surface area (Å²) in [5.41, 5.74) is 2.71. The van der Waals surface area contributed by atoms with Crippen molar-refractivity contribution in [1.82, 2.24) is 10.8 Å². The molecule has 2 amide bonds. The van der Waals surface area contributed by atoms with Gasteiger partial charge in [0, 0.05) is 19.4 Å². The van der Waals surface area contributed by atoms with Gasteiger partial charge >= 0.3 is 0 Å². The third kappa shape index (κ3) is 6.00. The Hall–Kier alpha value is -1.88. The normalized spacial score (nSPS) is 9.83. The summed E-state index contributed by atoms with van der Waals surface area (Å²) in [5, 5.41) is 11.1. The van der Waals surface area contributed by atoms with Crippen molar-refractivity contribution in [3.63, 3.8) is 0 Å². The van der Waals surface area contributed by atoms with Crippen LogP contribution in [0.5, 0.6) is 0 Å². The minimum atomic E-state index is -0.466. The van der Waals surface area contributed by atoms with Crippen LogP contribution >= 0.6 is 0 Å². The molecule has 1 aromatic rings. The Morgan fingerprint density at radius 3 is 2.39 bits per heavy atom. The first kappa shape index (κ1) is 14.2. The van der Waals surface area contributed by atoms with E-state index in [1.807, 2.05) is 30.3 Å². The molecule has 0 unspecified atom stereocenters. The van der Waals surface area contributed by atoms with Crippen molar-refractivity contribution in [2.24, 2.45) is 0 Å². The van der Waals surface area contributed by atoms with E-state index in [1.165, 1.54) is 11.0 Å². The van der Waals surface area contributed by atoms with E-state index in [9.17, 15) is 9.59 Å². The van der Waals surface area contributed by atoms with Crippen LogP contribution in [0.3, 0.4) is 0 Å². The van der Waals surface area contributed by atoms with Crippen LogP contribution in [0.2, 0.25) is 0 Å². The zero-order valence-corrected chi connectivity index (χ0v) is 10.2. The highest BCUT2D eigenvalue weighted by Gasteiger charge is 2.03. The lowest BCUT2D eigenvalue weighted by molar-refractivity contribution is -0.129. The van der Waals surface area contributed by atoms with Crippen LogP contribution in [0.4, 0.5) is 0 Å². The van der Waals surface area contributed by atoms with Crippen LogP contribution in [-0.2, 0) is 16.0 Å². The van der Waals surface area contributed by atoms with Crippen molar-refractivity contribution in [3.05, 3.63) is 35.9 Å². The number of amides is 2. The third-order valence-corrected chi connectivity index (χ3v) is 2.51. The van der Waals surface area contributed by atoms with Gasteiger partial charge in [0.1, 0.15) is 0 Å². The highest BCUT2D eigenvalue weighted by Crippen LogP contribution is 1.99. The molecule has 0 fully saturated rings. The first-order valence-corrected chi connectivity index (χ1v) is 5.96. The van der Waals surface area contributed by atoms with E-state index in [0.717, 1.165) is 6.42 Å². The lowest BCUT2D eigenvalue weighted by atomic mass is 10.1. The van der Waals surface area contributed by atoms with Crippen LogP contribution in [0.15, 0.2) is 30.3 Å². The molecule has 5 nitrogen and oxygen atoms in total. The van der Waals surface area contributed by atoms with Gasteiger partial charge in [0.25, 0.3) is 0 Å². The molecule has 1 rings (SSSR count). The highest BCUT2D eigenvalue weighted by atomic mass is 16.5. The van der Waals surface area contributed by atoms with Crippen molar-refractivity contribution >= 4 is 11.8 Å².